The SMILES string of the molecule is O=C(c1ccncc1)[C@@H]1[C@@H](C(=O)c2ccncc2)[C@H]2C=C[C@H]1C2. The molecule has 4 heteroatoms. The van der Waals surface area contributed by atoms with Gasteiger partial charge in [0.15, 0.2) is 11.6 Å². The predicted octanol–water partition coefficient (Wildman–Crippen LogP) is 2.98. The molecule has 114 valence electrons. The molecule has 0 radical (unpaired) electrons. The van der Waals surface area contributed by atoms with Crippen molar-refractivity contribution in [2.45, 2.75) is 6.42 Å². The molecule has 4 rings (SSSR count). The standard InChI is InChI=1S/C19H16N2O2/c22-18(12-3-7-20-8-4-12)16-14-1-2-15(11-14)17(16)19(23)13-5-9-21-10-6-13/h1-10,14-17H,11H2/t14-,15-,16-,17-/m0/s1. The molecule has 2 heterocycles. The number of fused-ring (bicyclic) bond motifs is 2. The number of pyridine rings is 2. The topological polar surface area (TPSA) is 59.9 Å². The van der Waals surface area contributed by atoms with Crippen LogP contribution in [0.25, 0.3) is 0 Å². The Morgan fingerprint density at radius 1 is 0.739 bits per heavy atom. The Balaban J connectivity index is 1.69. The molecular weight excluding hydrogens is 288 g/mol. The second-order valence-electron chi connectivity index (χ2n) is 6.20. The van der Waals surface area contributed by atoms with Crippen molar-refractivity contribution in [1.82, 2.24) is 9.97 Å². The highest BCUT2D eigenvalue weighted by molar-refractivity contribution is 6.06. The maximum Gasteiger partial charge on any atom is 0.167 e. The Hall–Kier alpha value is -2.62. The van der Waals surface area contributed by atoms with Crippen molar-refractivity contribution in [3.05, 3.63) is 72.3 Å². The number of allylic oxidation sites excluding steroid dienone is 2. The molecule has 0 unspecified atom stereocenters. The molecular formula is C19H16N2O2. The molecule has 1 fully saturated rings. The van der Waals surface area contributed by atoms with Gasteiger partial charge in [0.2, 0.25) is 0 Å². The van der Waals surface area contributed by atoms with E-state index in [4.69, 9.17) is 0 Å². The van der Waals surface area contributed by atoms with Crippen LogP contribution in [-0.4, -0.2) is 21.5 Å². The number of nitrogens with zero attached hydrogens (tertiary/aromatic N) is 2. The van der Waals surface area contributed by atoms with Gasteiger partial charge in [0, 0.05) is 47.8 Å². The normalized spacial score (nSPS) is 28.0. The van der Waals surface area contributed by atoms with Gasteiger partial charge in [-0.3, -0.25) is 19.6 Å². The predicted molar refractivity (Wildman–Crippen MR) is 84.9 cm³/mol. The summed E-state index contributed by atoms with van der Waals surface area (Å²) in [5, 5.41) is 0. The van der Waals surface area contributed by atoms with Gasteiger partial charge in [-0.25, -0.2) is 0 Å². The summed E-state index contributed by atoms with van der Waals surface area (Å²) in [4.78, 5) is 33.8. The largest absolute Gasteiger partial charge is 0.294 e. The van der Waals surface area contributed by atoms with Crippen LogP contribution >= 0.6 is 0 Å². The smallest absolute Gasteiger partial charge is 0.167 e. The van der Waals surface area contributed by atoms with Crippen LogP contribution < -0.4 is 0 Å². The minimum atomic E-state index is -0.270. The maximum absolute atomic E-state index is 13.0. The van der Waals surface area contributed by atoms with Crippen molar-refractivity contribution in [3.8, 4) is 0 Å². The Kier molecular flexibility index (Phi) is 3.37. The van der Waals surface area contributed by atoms with Crippen LogP contribution in [0.15, 0.2) is 61.2 Å². The lowest BCUT2D eigenvalue weighted by atomic mass is 9.75. The summed E-state index contributed by atoms with van der Waals surface area (Å²) in [6.45, 7) is 0. The second kappa shape index (κ2) is 5.54. The molecule has 2 aliphatic rings. The van der Waals surface area contributed by atoms with Gasteiger partial charge < -0.3 is 0 Å². The Morgan fingerprint density at radius 2 is 1.13 bits per heavy atom. The lowest BCUT2D eigenvalue weighted by Crippen LogP contribution is -2.33. The Bertz CT molecular complexity index is 705. The van der Waals surface area contributed by atoms with Crippen LogP contribution in [0.1, 0.15) is 27.1 Å². The molecule has 0 aliphatic heterocycles. The first-order valence-corrected chi connectivity index (χ1v) is 7.82. The van der Waals surface area contributed by atoms with Crippen LogP contribution in [0.3, 0.4) is 0 Å². The van der Waals surface area contributed by atoms with E-state index in [0.29, 0.717) is 11.1 Å². The van der Waals surface area contributed by atoms with Crippen molar-refractivity contribution in [1.29, 1.82) is 0 Å². The zero-order chi connectivity index (χ0) is 15.8. The van der Waals surface area contributed by atoms with Crippen molar-refractivity contribution in [2.75, 3.05) is 0 Å². The average molecular weight is 304 g/mol. The van der Waals surface area contributed by atoms with E-state index in [0.717, 1.165) is 6.42 Å². The lowest BCUT2D eigenvalue weighted by molar-refractivity contribution is 0.0752. The quantitative estimate of drug-likeness (QED) is 0.643. The van der Waals surface area contributed by atoms with Crippen molar-refractivity contribution >= 4 is 11.6 Å². The molecule has 4 atom stereocenters. The van der Waals surface area contributed by atoms with Crippen LogP contribution in [0.2, 0.25) is 0 Å². The zero-order valence-corrected chi connectivity index (χ0v) is 12.5. The molecule has 23 heavy (non-hydrogen) atoms. The molecule has 4 nitrogen and oxygen atoms in total. The van der Waals surface area contributed by atoms with E-state index in [1.807, 2.05) is 0 Å². The second-order valence-corrected chi connectivity index (χ2v) is 6.20. The van der Waals surface area contributed by atoms with Gasteiger partial charge in [0.1, 0.15) is 0 Å². The van der Waals surface area contributed by atoms with Gasteiger partial charge in [-0.2, -0.15) is 0 Å². The Morgan fingerprint density at radius 3 is 1.52 bits per heavy atom. The fraction of sp³-hybridized carbons (Fsp3) is 0.263. The fourth-order valence-electron chi connectivity index (χ4n) is 3.95. The van der Waals surface area contributed by atoms with E-state index in [2.05, 4.69) is 22.1 Å². The van der Waals surface area contributed by atoms with Crippen molar-refractivity contribution < 1.29 is 9.59 Å². The molecule has 0 saturated heterocycles. The highest BCUT2D eigenvalue weighted by Crippen LogP contribution is 2.50. The molecule has 2 bridgehead atoms. The molecule has 0 amide bonds. The van der Waals surface area contributed by atoms with Gasteiger partial charge in [-0.05, 0) is 42.5 Å². The highest BCUT2D eigenvalue weighted by atomic mass is 16.1. The van der Waals surface area contributed by atoms with Gasteiger partial charge >= 0.3 is 0 Å². The number of hydrogen-bond donors (Lipinski definition) is 0. The summed E-state index contributed by atoms with van der Waals surface area (Å²) in [5.41, 5.74) is 1.27. The van der Waals surface area contributed by atoms with Gasteiger partial charge in [-0.1, -0.05) is 12.2 Å². The zero-order valence-electron chi connectivity index (χ0n) is 12.5. The number of carbonyl (C=O) groups excluding carboxylic acids is 2. The number of rotatable bonds is 4. The summed E-state index contributed by atoms with van der Waals surface area (Å²) in [6.07, 6.45) is 11.6. The van der Waals surface area contributed by atoms with Gasteiger partial charge in [0.05, 0.1) is 0 Å². The number of ketones is 2. The third-order valence-electron chi connectivity index (χ3n) is 4.99. The molecule has 1 saturated carbocycles. The molecule has 0 aromatic carbocycles. The first-order valence-electron chi connectivity index (χ1n) is 7.82. The van der Waals surface area contributed by atoms with Crippen LogP contribution in [0.4, 0.5) is 0 Å². The number of aromatic nitrogens is 2. The van der Waals surface area contributed by atoms with Gasteiger partial charge in [0.25, 0.3) is 0 Å². The lowest BCUT2D eigenvalue weighted by Gasteiger charge is -2.26. The van der Waals surface area contributed by atoms with E-state index < -0.39 is 0 Å². The third-order valence-corrected chi connectivity index (χ3v) is 4.99. The summed E-state index contributed by atoms with van der Waals surface area (Å²) >= 11 is 0. The molecule has 2 aromatic rings. The summed E-state index contributed by atoms with van der Waals surface area (Å²) in [7, 11) is 0. The van der Waals surface area contributed by atoms with Gasteiger partial charge in [-0.15, -0.1) is 0 Å². The minimum Gasteiger partial charge on any atom is -0.294 e. The van der Waals surface area contributed by atoms with Crippen LogP contribution in [0, 0.1) is 23.7 Å². The molecule has 0 spiro atoms. The van der Waals surface area contributed by atoms with Crippen LogP contribution in [-0.2, 0) is 0 Å². The fourth-order valence-corrected chi connectivity index (χ4v) is 3.95. The highest BCUT2D eigenvalue weighted by Gasteiger charge is 2.51. The van der Waals surface area contributed by atoms with E-state index in [1.54, 1.807) is 49.1 Å². The number of Topliss-reactive ketones (excluding diaryl/α,β-unsaturated/α-hetero) is 2. The third kappa shape index (κ3) is 2.31. The van der Waals surface area contributed by atoms with E-state index in [9.17, 15) is 9.59 Å². The molecule has 0 N–H and O–H groups in total. The van der Waals surface area contributed by atoms with Crippen molar-refractivity contribution in [2.24, 2.45) is 23.7 Å². The van der Waals surface area contributed by atoms with E-state index in [1.165, 1.54) is 0 Å². The Labute approximate surface area is 134 Å². The van der Waals surface area contributed by atoms with E-state index in [-0.39, 0.29) is 35.2 Å². The number of carbonyl (C=O) groups is 2. The maximum atomic E-state index is 13.0. The monoisotopic (exact) mass is 304 g/mol. The van der Waals surface area contributed by atoms with E-state index >= 15 is 0 Å². The van der Waals surface area contributed by atoms with Crippen molar-refractivity contribution in [3.63, 3.8) is 0 Å². The molecule has 2 aliphatic carbocycles. The summed E-state index contributed by atoms with van der Waals surface area (Å²) in [6, 6.07) is 6.91. The average Bonchev–Trinajstić information content (AvgIpc) is 3.23. The van der Waals surface area contributed by atoms with Crippen LogP contribution in [0.5, 0.6) is 0 Å². The number of hydrogen-bond acceptors (Lipinski definition) is 4. The first kappa shape index (κ1) is 14.0. The minimum absolute atomic E-state index is 0.0525. The molecule has 2 aromatic heterocycles. The summed E-state index contributed by atoms with van der Waals surface area (Å²) < 4.78 is 0. The summed E-state index contributed by atoms with van der Waals surface area (Å²) in [5.74, 6) is -0.109. The first-order chi connectivity index (χ1) is 11.3.